The predicted molar refractivity (Wildman–Crippen MR) is 227 cm³/mol. The molecule has 0 aliphatic heterocycles. The first kappa shape index (κ1) is 31.5. The van der Waals surface area contributed by atoms with Crippen molar-refractivity contribution in [2.75, 3.05) is 0 Å². The van der Waals surface area contributed by atoms with Crippen LogP contribution >= 0.6 is 0 Å². The average molecular weight is 733 g/mol. The first-order chi connectivity index (χ1) is 28.2. The molecule has 0 saturated carbocycles. The molecule has 0 atom stereocenters. The topological polar surface area (TPSA) is 91.0 Å². The molecule has 4 aromatic heterocycles. The highest BCUT2D eigenvalue weighted by Crippen LogP contribution is 2.44. The fraction of sp³-hybridized carbons (Fsp3) is 0. The Hall–Kier alpha value is -7.90. The fourth-order valence-corrected chi connectivity index (χ4v) is 8.11. The van der Waals surface area contributed by atoms with Crippen molar-refractivity contribution in [3.8, 4) is 56.7 Å². The maximum Gasteiger partial charge on any atom is 0.227 e. The molecule has 12 aromatic rings. The van der Waals surface area contributed by atoms with Crippen LogP contribution in [0.15, 0.2) is 183 Å². The molecular weight excluding hydrogens is 705 g/mol. The summed E-state index contributed by atoms with van der Waals surface area (Å²) in [6.07, 6.45) is 0. The van der Waals surface area contributed by atoms with Crippen molar-refractivity contribution in [2.45, 2.75) is 0 Å². The van der Waals surface area contributed by atoms with Crippen LogP contribution in [0.3, 0.4) is 0 Å². The molecule has 0 unspecified atom stereocenters. The van der Waals surface area contributed by atoms with Crippen LogP contribution in [0.5, 0.6) is 0 Å². The van der Waals surface area contributed by atoms with Crippen LogP contribution in [-0.4, -0.2) is 19.9 Å². The van der Waals surface area contributed by atoms with Gasteiger partial charge in [-0.2, -0.15) is 0 Å². The van der Waals surface area contributed by atoms with Gasteiger partial charge in [0.25, 0.3) is 0 Å². The molecular formula is C50H28N4O3. The summed E-state index contributed by atoms with van der Waals surface area (Å²) in [7, 11) is 0. The minimum atomic E-state index is 0.482. The number of aromatic nitrogens is 4. The molecule has 8 aromatic carbocycles. The number of benzene rings is 8. The van der Waals surface area contributed by atoms with Gasteiger partial charge in [0.1, 0.15) is 27.8 Å². The Balaban J connectivity index is 1.15. The highest BCUT2D eigenvalue weighted by Gasteiger charge is 2.24. The van der Waals surface area contributed by atoms with Crippen LogP contribution in [-0.2, 0) is 0 Å². The lowest BCUT2D eigenvalue weighted by Crippen LogP contribution is -2.01. The Bertz CT molecular complexity index is 3530. The monoisotopic (exact) mass is 732 g/mol. The number of hydrogen-bond acceptors (Lipinski definition) is 7. The molecule has 0 fully saturated rings. The van der Waals surface area contributed by atoms with Gasteiger partial charge >= 0.3 is 0 Å². The van der Waals surface area contributed by atoms with E-state index in [1.54, 1.807) is 0 Å². The third-order valence-corrected chi connectivity index (χ3v) is 10.8. The molecule has 0 spiro atoms. The number of nitrogens with zero attached hydrogens (tertiary/aromatic N) is 4. The van der Waals surface area contributed by atoms with Crippen LogP contribution < -0.4 is 0 Å². The third-order valence-electron chi connectivity index (χ3n) is 10.8. The zero-order valence-corrected chi connectivity index (χ0v) is 30.2. The molecule has 0 aliphatic carbocycles. The SMILES string of the molecule is c1ccc(-c2cccc(-c3nc(-c4cccc5c4oc4ccccc45)nc(-c4c5ccccc5cc5c4oc4ccc6oc(-c7ccccc7)nc6c45)n3)c2)cc1. The van der Waals surface area contributed by atoms with Gasteiger partial charge in [0.15, 0.2) is 23.1 Å². The highest BCUT2D eigenvalue weighted by atomic mass is 16.4. The van der Waals surface area contributed by atoms with Crippen LogP contribution in [0.4, 0.5) is 0 Å². The van der Waals surface area contributed by atoms with E-state index in [4.69, 9.17) is 33.2 Å². The molecule has 0 saturated heterocycles. The largest absolute Gasteiger partial charge is 0.455 e. The van der Waals surface area contributed by atoms with E-state index in [2.05, 4.69) is 54.6 Å². The van der Waals surface area contributed by atoms with E-state index in [1.165, 1.54) is 0 Å². The molecule has 0 amide bonds. The fourth-order valence-electron chi connectivity index (χ4n) is 8.11. The number of hydrogen-bond donors (Lipinski definition) is 0. The van der Waals surface area contributed by atoms with Crippen LogP contribution in [0.25, 0.3) is 122 Å². The number of oxazole rings is 1. The Kier molecular flexibility index (Phi) is 6.79. The highest BCUT2D eigenvalue weighted by molar-refractivity contribution is 6.23. The Labute approximate surface area is 324 Å². The van der Waals surface area contributed by atoms with E-state index in [-0.39, 0.29) is 0 Å². The molecule has 0 aliphatic rings. The number of fused-ring (bicyclic) bond motifs is 9. The van der Waals surface area contributed by atoms with E-state index < -0.39 is 0 Å². The van der Waals surface area contributed by atoms with Gasteiger partial charge in [0.05, 0.1) is 16.5 Å². The molecule has 0 bridgehead atoms. The standard InChI is InChI=1S/C50H28N4O3/c1-3-13-29(14-4-1)31-18-11-19-33(27-31)47-52-48(37-23-12-22-36-35-21-9-10-24-39(35)55-45(36)37)54-49(53-47)43-34-20-8-7-17-32(34)28-38-42-40(56-46(38)43)25-26-41-44(42)51-50(57-41)30-15-5-2-6-16-30/h1-28H. The lowest BCUT2D eigenvalue weighted by Gasteiger charge is -2.12. The third kappa shape index (κ3) is 4.99. The smallest absolute Gasteiger partial charge is 0.227 e. The summed E-state index contributed by atoms with van der Waals surface area (Å²) in [5.74, 6) is 2.06. The number of rotatable bonds is 5. The summed E-state index contributed by atoms with van der Waals surface area (Å²) in [6.45, 7) is 0. The normalized spacial score (nSPS) is 11.9. The van der Waals surface area contributed by atoms with Crippen molar-refractivity contribution in [1.82, 2.24) is 19.9 Å². The van der Waals surface area contributed by atoms with Gasteiger partial charge < -0.3 is 13.3 Å². The molecule has 0 N–H and O–H groups in total. The van der Waals surface area contributed by atoms with E-state index >= 15 is 0 Å². The number of para-hydroxylation sites is 2. The van der Waals surface area contributed by atoms with Crippen molar-refractivity contribution in [3.63, 3.8) is 0 Å². The Morgan fingerprint density at radius 3 is 1.88 bits per heavy atom. The molecule has 266 valence electrons. The van der Waals surface area contributed by atoms with Gasteiger partial charge in [-0.15, -0.1) is 0 Å². The minimum absolute atomic E-state index is 0.482. The summed E-state index contributed by atoms with van der Waals surface area (Å²) in [5, 5.41) is 5.76. The van der Waals surface area contributed by atoms with E-state index in [9.17, 15) is 0 Å². The molecule has 7 nitrogen and oxygen atoms in total. The summed E-state index contributed by atoms with van der Waals surface area (Å²) in [4.78, 5) is 20.8. The molecule has 0 radical (unpaired) electrons. The maximum atomic E-state index is 6.85. The van der Waals surface area contributed by atoms with Gasteiger partial charge in [0, 0.05) is 27.3 Å². The van der Waals surface area contributed by atoms with Gasteiger partial charge in [-0.05, 0) is 70.4 Å². The predicted octanol–water partition coefficient (Wildman–Crippen LogP) is 13.3. The second-order valence-corrected chi connectivity index (χ2v) is 14.2. The Morgan fingerprint density at radius 2 is 1.00 bits per heavy atom. The quantitative estimate of drug-likeness (QED) is 0.174. The Morgan fingerprint density at radius 1 is 0.351 bits per heavy atom. The molecule has 12 rings (SSSR count). The number of furan rings is 2. The molecule has 57 heavy (non-hydrogen) atoms. The summed E-state index contributed by atoms with van der Waals surface area (Å²) < 4.78 is 19.7. The first-order valence-electron chi connectivity index (χ1n) is 18.8. The van der Waals surface area contributed by atoms with Gasteiger partial charge in [0.2, 0.25) is 5.89 Å². The first-order valence-corrected chi connectivity index (χ1v) is 18.8. The average Bonchev–Trinajstić information content (AvgIpc) is 3.99. The van der Waals surface area contributed by atoms with Gasteiger partial charge in [-0.25, -0.2) is 19.9 Å². The minimum Gasteiger partial charge on any atom is -0.455 e. The zero-order valence-electron chi connectivity index (χ0n) is 30.2. The maximum absolute atomic E-state index is 6.85. The van der Waals surface area contributed by atoms with Crippen molar-refractivity contribution < 1.29 is 13.3 Å². The molecule has 4 heterocycles. The van der Waals surface area contributed by atoms with Crippen molar-refractivity contribution in [3.05, 3.63) is 170 Å². The summed E-state index contributed by atoms with van der Waals surface area (Å²) in [5.41, 5.74) is 9.75. The zero-order chi connectivity index (χ0) is 37.5. The van der Waals surface area contributed by atoms with Gasteiger partial charge in [-0.1, -0.05) is 121 Å². The lowest BCUT2D eigenvalue weighted by atomic mass is 9.99. The summed E-state index contributed by atoms with van der Waals surface area (Å²) in [6, 6.07) is 57.1. The van der Waals surface area contributed by atoms with Crippen molar-refractivity contribution in [2.24, 2.45) is 0 Å². The van der Waals surface area contributed by atoms with E-state index in [0.717, 1.165) is 76.8 Å². The second-order valence-electron chi connectivity index (χ2n) is 14.2. The van der Waals surface area contributed by atoms with E-state index in [1.807, 2.05) is 115 Å². The van der Waals surface area contributed by atoms with Crippen LogP contribution in [0, 0.1) is 0 Å². The lowest BCUT2D eigenvalue weighted by molar-refractivity contribution is 0.619. The summed E-state index contributed by atoms with van der Waals surface area (Å²) >= 11 is 0. The van der Waals surface area contributed by atoms with E-state index in [0.29, 0.717) is 45.7 Å². The van der Waals surface area contributed by atoms with Gasteiger partial charge in [-0.3, -0.25) is 0 Å². The van der Waals surface area contributed by atoms with Crippen LogP contribution in [0.2, 0.25) is 0 Å². The van der Waals surface area contributed by atoms with Crippen molar-refractivity contribution in [1.29, 1.82) is 0 Å². The van der Waals surface area contributed by atoms with Crippen LogP contribution in [0.1, 0.15) is 0 Å². The molecule has 7 heteroatoms. The second kappa shape index (κ2) is 12.3. The van der Waals surface area contributed by atoms with Crippen molar-refractivity contribution >= 4 is 65.7 Å².